The van der Waals surface area contributed by atoms with Crippen LogP contribution in [0.4, 0.5) is 26.7 Å². The molecule has 0 bridgehead atoms. The number of hydrogen-bond donors (Lipinski definition) is 1. The summed E-state index contributed by atoms with van der Waals surface area (Å²) >= 11 is 0. The van der Waals surface area contributed by atoms with Crippen molar-refractivity contribution in [2.75, 3.05) is 13.3 Å². The van der Waals surface area contributed by atoms with Gasteiger partial charge in [-0.05, 0) is 13.1 Å². The van der Waals surface area contributed by atoms with Gasteiger partial charge in [0, 0.05) is 13.3 Å². The van der Waals surface area contributed by atoms with E-state index in [1.54, 1.807) is 13.1 Å². The van der Waals surface area contributed by atoms with Gasteiger partial charge in [0.1, 0.15) is 0 Å². The van der Waals surface area contributed by atoms with Crippen molar-refractivity contribution in [1.82, 2.24) is 5.32 Å². The van der Waals surface area contributed by atoms with E-state index >= 15 is 0 Å². The number of carbonyl (C=O) groups is 1. The lowest BCUT2D eigenvalue weighted by molar-refractivity contribution is 0.194. The van der Waals surface area contributed by atoms with Crippen LogP contribution in [0.3, 0.4) is 0 Å². The van der Waals surface area contributed by atoms with Gasteiger partial charge in [-0.2, -0.15) is 8.78 Å². The van der Waals surface area contributed by atoms with E-state index in [4.69, 9.17) is 4.43 Å². The Labute approximate surface area is 118 Å². The molecule has 4 nitrogen and oxygen atoms in total. The monoisotopic (exact) mass is 329 g/mol. The minimum absolute atomic E-state index is 0.0255. The summed E-state index contributed by atoms with van der Waals surface area (Å²) in [6.07, 6.45) is -1.33. The molecule has 0 aliphatic carbocycles. The Morgan fingerprint density at radius 3 is 1.86 bits per heavy atom. The van der Waals surface area contributed by atoms with Crippen LogP contribution in [0.1, 0.15) is 0 Å². The van der Waals surface area contributed by atoms with E-state index in [2.05, 4.69) is 10.1 Å². The lowest BCUT2D eigenvalue weighted by Crippen LogP contribution is -2.45. The fraction of sp³-hybridized carbons (Fsp3) is 0.364. The third-order valence-corrected chi connectivity index (χ3v) is 4.71. The number of ether oxygens (including phenoxy) is 1. The summed E-state index contributed by atoms with van der Waals surface area (Å²) in [6.45, 7) is 3.46. The molecule has 1 N–H and O–H groups in total. The number of nitrogens with one attached hydrogen (secondary N) is 1. The first-order chi connectivity index (χ1) is 9.60. The highest BCUT2D eigenvalue weighted by Gasteiger charge is 2.29. The maximum Gasteiger partial charge on any atom is 0.412 e. The molecule has 0 unspecified atom stereocenters. The summed E-state index contributed by atoms with van der Waals surface area (Å²) in [7, 11) is -0.803. The zero-order valence-electron chi connectivity index (χ0n) is 11.3. The van der Waals surface area contributed by atoms with Crippen molar-refractivity contribution in [2.45, 2.75) is 13.1 Å². The predicted octanol–water partition coefficient (Wildman–Crippen LogP) is 2.86. The Morgan fingerprint density at radius 1 is 1.00 bits per heavy atom. The van der Waals surface area contributed by atoms with E-state index < -0.39 is 49.2 Å². The van der Waals surface area contributed by atoms with Crippen molar-refractivity contribution < 1.29 is 35.9 Å². The van der Waals surface area contributed by atoms with Crippen LogP contribution in [-0.4, -0.2) is 27.7 Å². The molecule has 0 aliphatic rings. The van der Waals surface area contributed by atoms with Gasteiger partial charge in [-0.1, -0.05) is 0 Å². The summed E-state index contributed by atoms with van der Waals surface area (Å²) in [4.78, 5) is 11.3. The molecule has 0 aliphatic heterocycles. The topological polar surface area (TPSA) is 47.6 Å². The summed E-state index contributed by atoms with van der Waals surface area (Å²) in [5.41, 5.74) is 0. The molecular weight excluding hydrogens is 317 g/mol. The number of hydrogen-bond acceptors (Lipinski definition) is 3. The maximum atomic E-state index is 13.3. The fourth-order valence-electron chi connectivity index (χ4n) is 1.16. The first-order valence-electron chi connectivity index (χ1n) is 5.63. The van der Waals surface area contributed by atoms with Gasteiger partial charge in [-0.25, -0.2) is 18.0 Å². The zero-order valence-corrected chi connectivity index (χ0v) is 12.3. The normalized spacial score (nSPS) is 11.4. The van der Waals surface area contributed by atoms with Gasteiger partial charge >= 0.3 is 6.09 Å². The number of halogens is 5. The zero-order chi connectivity index (χ0) is 16.4. The van der Waals surface area contributed by atoms with Crippen LogP contribution in [0, 0.1) is 29.1 Å². The first kappa shape index (κ1) is 17.4. The van der Waals surface area contributed by atoms with E-state index in [0.29, 0.717) is 0 Å². The lowest BCUT2D eigenvalue weighted by atomic mass is 10.3. The van der Waals surface area contributed by atoms with Crippen molar-refractivity contribution in [2.24, 2.45) is 0 Å². The van der Waals surface area contributed by atoms with Crippen LogP contribution in [0.25, 0.3) is 0 Å². The minimum atomic E-state index is -2.33. The van der Waals surface area contributed by atoms with Crippen molar-refractivity contribution in [3.8, 4) is 5.75 Å². The summed E-state index contributed by atoms with van der Waals surface area (Å²) in [5, 5.41) is 2.13. The highest BCUT2D eigenvalue weighted by molar-refractivity contribution is 6.71. The molecular formula is C11H12F5NO3Si. The molecule has 0 aromatic heterocycles. The van der Waals surface area contributed by atoms with E-state index in [-0.39, 0.29) is 6.17 Å². The molecule has 0 atom stereocenters. The average Bonchev–Trinajstić information content (AvgIpc) is 2.45. The van der Waals surface area contributed by atoms with Crippen molar-refractivity contribution in [3.05, 3.63) is 29.1 Å². The quantitative estimate of drug-likeness (QED) is 0.400. The number of benzene rings is 1. The Balaban J connectivity index is 2.92. The highest BCUT2D eigenvalue weighted by Crippen LogP contribution is 2.29. The molecule has 0 fully saturated rings. The van der Waals surface area contributed by atoms with Crippen LogP contribution < -0.4 is 10.1 Å². The largest absolute Gasteiger partial charge is 0.419 e. The number of amides is 1. The molecule has 10 heteroatoms. The van der Waals surface area contributed by atoms with Gasteiger partial charge in [0.15, 0.2) is 0 Å². The molecule has 1 aromatic carbocycles. The third kappa shape index (κ3) is 3.91. The summed E-state index contributed by atoms with van der Waals surface area (Å²) in [6, 6.07) is 0. The minimum Gasteiger partial charge on any atom is -0.419 e. The van der Waals surface area contributed by atoms with Crippen molar-refractivity contribution >= 4 is 14.4 Å². The molecule has 21 heavy (non-hydrogen) atoms. The summed E-state index contributed by atoms with van der Waals surface area (Å²) < 4.78 is 74.4. The van der Waals surface area contributed by atoms with Crippen molar-refractivity contribution in [3.63, 3.8) is 0 Å². The Kier molecular flexibility index (Phi) is 5.29. The second-order valence-electron chi connectivity index (χ2n) is 4.61. The van der Waals surface area contributed by atoms with Crippen LogP contribution in [-0.2, 0) is 4.43 Å². The Morgan fingerprint density at radius 2 is 1.43 bits per heavy atom. The molecule has 0 radical (unpaired) electrons. The van der Waals surface area contributed by atoms with E-state index in [0.717, 1.165) is 0 Å². The van der Waals surface area contributed by atoms with E-state index in [1.807, 2.05) is 0 Å². The van der Waals surface area contributed by atoms with Crippen LogP contribution in [0.2, 0.25) is 13.1 Å². The molecule has 1 aromatic rings. The molecule has 0 saturated heterocycles. The SMILES string of the molecule is CO[Si](C)(C)CNC(=O)Oc1c(F)c(F)c(F)c(F)c1F. The second kappa shape index (κ2) is 6.39. The Hall–Kier alpha value is -1.68. The highest BCUT2D eigenvalue weighted by atomic mass is 28.4. The first-order valence-corrected chi connectivity index (χ1v) is 8.74. The predicted molar refractivity (Wildman–Crippen MR) is 64.7 cm³/mol. The van der Waals surface area contributed by atoms with Gasteiger partial charge in [0.25, 0.3) is 0 Å². The molecule has 0 heterocycles. The number of rotatable bonds is 4. The maximum absolute atomic E-state index is 13.3. The molecule has 0 spiro atoms. The van der Waals surface area contributed by atoms with Gasteiger partial charge in [0.05, 0.1) is 0 Å². The van der Waals surface area contributed by atoms with E-state index in [1.165, 1.54) is 7.11 Å². The standard InChI is InChI=1S/C11H12F5NO3Si/c1-19-21(2,3)4-17-11(18)20-10-8(15)6(13)5(12)7(14)9(10)16/h4H2,1-3H3,(H,17,18). The molecule has 1 amide bonds. The molecule has 118 valence electrons. The number of carbonyl (C=O) groups excluding carboxylic acids is 1. The smallest absolute Gasteiger partial charge is 0.412 e. The third-order valence-electron chi connectivity index (χ3n) is 2.58. The fourth-order valence-corrected chi connectivity index (χ4v) is 1.87. The lowest BCUT2D eigenvalue weighted by Gasteiger charge is -2.20. The molecule has 0 saturated carbocycles. The molecule has 1 rings (SSSR count). The van der Waals surface area contributed by atoms with Crippen LogP contribution >= 0.6 is 0 Å². The van der Waals surface area contributed by atoms with Crippen molar-refractivity contribution in [1.29, 1.82) is 0 Å². The van der Waals surface area contributed by atoms with E-state index in [9.17, 15) is 26.7 Å². The van der Waals surface area contributed by atoms with Crippen LogP contribution in [0.15, 0.2) is 0 Å². The Bertz CT molecular complexity index is 538. The van der Waals surface area contributed by atoms with Gasteiger partial charge < -0.3 is 14.5 Å². The summed E-state index contributed by atoms with van der Waals surface area (Å²) in [5.74, 6) is -12.8. The van der Waals surface area contributed by atoms with Crippen LogP contribution in [0.5, 0.6) is 5.75 Å². The van der Waals surface area contributed by atoms with Gasteiger partial charge in [-0.3, -0.25) is 0 Å². The van der Waals surface area contributed by atoms with Gasteiger partial charge in [-0.15, -0.1) is 0 Å². The van der Waals surface area contributed by atoms with Gasteiger partial charge in [0.2, 0.25) is 43.2 Å². The average molecular weight is 329 g/mol. The second-order valence-corrected chi connectivity index (χ2v) is 8.89.